The highest BCUT2D eigenvalue weighted by Crippen LogP contribution is 2.29. The molecule has 2 aromatic heterocycles. The molecule has 0 atom stereocenters. The van der Waals surface area contributed by atoms with Gasteiger partial charge in [-0.15, -0.1) is 20.4 Å². The molecule has 0 aliphatic carbocycles. The first-order valence-electron chi connectivity index (χ1n) is 15.5. The summed E-state index contributed by atoms with van der Waals surface area (Å²) in [7, 11) is 0. The van der Waals surface area contributed by atoms with Crippen molar-refractivity contribution in [3.63, 3.8) is 0 Å². The number of nitrogens with zero attached hydrogens (tertiary/aromatic N) is 6. The molecule has 6 aromatic rings. The van der Waals surface area contributed by atoms with E-state index in [0.717, 1.165) is 35.9 Å². The lowest BCUT2D eigenvalue weighted by Crippen LogP contribution is -2.07. The number of para-hydroxylation sites is 2. The summed E-state index contributed by atoms with van der Waals surface area (Å²) in [6, 6.07) is 29.4. The van der Waals surface area contributed by atoms with Gasteiger partial charge in [0, 0.05) is 45.4 Å². The van der Waals surface area contributed by atoms with Crippen LogP contribution in [-0.4, -0.2) is 52.6 Å². The first kappa shape index (κ1) is 36.2. The van der Waals surface area contributed by atoms with E-state index in [2.05, 4.69) is 20.4 Å². The number of aromatic nitrogens is 6. The predicted molar refractivity (Wildman–Crippen MR) is 202 cm³/mol. The van der Waals surface area contributed by atoms with Crippen molar-refractivity contribution in [1.82, 2.24) is 29.5 Å². The highest BCUT2D eigenvalue weighted by atomic mass is 35.5. The lowest BCUT2D eigenvalue weighted by molar-refractivity contribution is 0.101. The monoisotopic (exact) mass is 780 g/mol. The summed E-state index contributed by atoms with van der Waals surface area (Å²) in [4.78, 5) is 26.0. The molecule has 0 N–H and O–H groups in total. The molecule has 8 nitrogen and oxygen atoms in total. The molecule has 0 bridgehead atoms. The minimum absolute atomic E-state index is 0.126. The van der Waals surface area contributed by atoms with Crippen molar-refractivity contribution in [3.05, 3.63) is 140 Å². The molecule has 0 unspecified atom stereocenters. The lowest BCUT2D eigenvalue weighted by atomic mass is 10.1. The molecule has 6 rings (SSSR count). The number of unbranched alkanes of at least 4 members (excludes halogenated alkanes) is 1. The second-order valence-corrected chi connectivity index (χ2v) is 14.6. The molecule has 2 heterocycles. The maximum atomic E-state index is 13.0. The van der Waals surface area contributed by atoms with Gasteiger partial charge in [0.25, 0.3) is 0 Å². The Balaban J connectivity index is 1.13. The van der Waals surface area contributed by atoms with Crippen LogP contribution in [0.4, 0.5) is 0 Å². The minimum atomic E-state index is -0.126. The van der Waals surface area contributed by atoms with Crippen molar-refractivity contribution in [2.45, 2.75) is 36.0 Å². The van der Waals surface area contributed by atoms with Gasteiger partial charge in [0.1, 0.15) is 11.6 Å². The van der Waals surface area contributed by atoms with Crippen LogP contribution in [0.15, 0.2) is 107 Å². The van der Waals surface area contributed by atoms with Gasteiger partial charge in [-0.2, -0.15) is 0 Å². The Labute approximate surface area is 317 Å². The van der Waals surface area contributed by atoms with Crippen molar-refractivity contribution in [3.8, 4) is 11.4 Å². The zero-order valence-corrected chi connectivity index (χ0v) is 31.0. The SMILES string of the molecule is O=C(CSc1nnc(CCCCc2nnc(SCC(=O)c3ccc(Cl)cc3Cl)n2-c2ccccc2)n1-c1ccccc1)c1ccc(Cl)cc1Cl. The second-order valence-electron chi connectivity index (χ2n) is 11.0. The molecule has 0 spiro atoms. The Morgan fingerprint density at radius 3 is 1.32 bits per heavy atom. The number of rotatable bonds is 15. The van der Waals surface area contributed by atoms with Crippen LogP contribution in [0, 0.1) is 0 Å². The zero-order chi connectivity index (χ0) is 35.0. The second kappa shape index (κ2) is 17.0. The van der Waals surface area contributed by atoms with Crippen LogP contribution in [0.1, 0.15) is 45.2 Å². The number of Topliss-reactive ketones (excluding diaryl/α,β-unsaturated/α-hetero) is 2. The maximum Gasteiger partial charge on any atom is 0.196 e. The average Bonchev–Trinajstić information content (AvgIpc) is 3.72. The van der Waals surface area contributed by atoms with E-state index >= 15 is 0 Å². The molecule has 0 amide bonds. The van der Waals surface area contributed by atoms with E-state index in [1.807, 2.05) is 69.8 Å². The largest absolute Gasteiger partial charge is 0.293 e. The average molecular weight is 783 g/mol. The Bertz CT molecular complexity index is 1980. The van der Waals surface area contributed by atoms with Crippen LogP contribution in [0.25, 0.3) is 11.4 Å². The van der Waals surface area contributed by atoms with Crippen molar-refractivity contribution in [2.24, 2.45) is 0 Å². The number of halogens is 4. The Morgan fingerprint density at radius 2 is 0.940 bits per heavy atom. The van der Waals surface area contributed by atoms with E-state index in [0.29, 0.717) is 54.4 Å². The molecular weight excluding hydrogens is 754 g/mol. The van der Waals surface area contributed by atoms with Crippen molar-refractivity contribution < 1.29 is 9.59 Å². The normalized spacial score (nSPS) is 11.2. The highest BCUT2D eigenvalue weighted by molar-refractivity contribution is 8.00. The highest BCUT2D eigenvalue weighted by Gasteiger charge is 2.20. The summed E-state index contributed by atoms with van der Waals surface area (Å²) in [5.41, 5.74) is 2.65. The van der Waals surface area contributed by atoms with Gasteiger partial charge < -0.3 is 0 Å². The van der Waals surface area contributed by atoms with Gasteiger partial charge in [0.2, 0.25) is 0 Å². The van der Waals surface area contributed by atoms with E-state index in [9.17, 15) is 9.59 Å². The van der Waals surface area contributed by atoms with Crippen molar-refractivity contribution in [2.75, 3.05) is 11.5 Å². The fourth-order valence-electron chi connectivity index (χ4n) is 5.20. The number of carbonyl (C=O) groups is 2. The van der Waals surface area contributed by atoms with Crippen LogP contribution in [0.5, 0.6) is 0 Å². The number of benzene rings is 4. The van der Waals surface area contributed by atoms with Gasteiger partial charge in [0.15, 0.2) is 21.9 Å². The molecule has 0 aliphatic heterocycles. The Kier molecular flexibility index (Phi) is 12.3. The standard InChI is InChI=1S/C36H28Cl4N6O2S2/c37-23-15-17-27(29(39)19-23)31(47)21-49-35-43-41-33(45(35)25-9-3-1-4-10-25)13-7-8-14-34-42-44-36(46(34)26-11-5-2-6-12-26)50-22-32(48)28-18-16-24(38)20-30(28)40/h1-6,9-12,15-20H,7-8,13-14,21-22H2. The predicted octanol–water partition coefficient (Wildman–Crippen LogP) is 9.98. The van der Waals surface area contributed by atoms with Crippen LogP contribution < -0.4 is 0 Å². The topological polar surface area (TPSA) is 95.6 Å². The molecule has 0 fully saturated rings. The fraction of sp³-hybridized carbons (Fsp3) is 0.167. The number of carbonyl (C=O) groups excluding carboxylic acids is 2. The van der Waals surface area contributed by atoms with Gasteiger partial charge in [-0.3, -0.25) is 18.7 Å². The van der Waals surface area contributed by atoms with Crippen molar-refractivity contribution in [1.29, 1.82) is 0 Å². The zero-order valence-electron chi connectivity index (χ0n) is 26.3. The Morgan fingerprint density at radius 1 is 0.540 bits per heavy atom. The van der Waals surface area contributed by atoms with E-state index in [1.165, 1.54) is 23.5 Å². The van der Waals surface area contributed by atoms with E-state index in [-0.39, 0.29) is 23.1 Å². The number of thioether (sulfide) groups is 2. The first-order valence-corrected chi connectivity index (χ1v) is 19.0. The number of ketones is 2. The van der Waals surface area contributed by atoms with Crippen LogP contribution in [0.3, 0.4) is 0 Å². The van der Waals surface area contributed by atoms with E-state index < -0.39 is 0 Å². The minimum Gasteiger partial charge on any atom is -0.293 e. The summed E-state index contributed by atoms with van der Waals surface area (Å²) >= 11 is 27.2. The molecule has 0 radical (unpaired) electrons. The Hall–Kier alpha value is -3.64. The van der Waals surface area contributed by atoms with Crippen LogP contribution >= 0.6 is 69.9 Å². The lowest BCUT2D eigenvalue weighted by Gasteiger charge is -2.11. The van der Waals surface area contributed by atoms with E-state index in [1.54, 1.807) is 36.4 Å². The third-order valence-electron chi connectivity index (χ3n) is 7.61. The summed E-state index contributed by atoms with van der Waals surface area (Å²) in [5.74, 6) is 1.60. The summed E-state index contributed by atoms with van der Waals surface area (Å²) in [6.07, 6.45) is 2.90. The van der Waals surface area contributed by atoms with Gasteiger partial charge in [-0.05, 0) is 73.5 Å². The van der Waals surface area contributed by atoms with Gasteiger partial charge in [0.05, 0.1) is 21.6 Å². The smallest absolute Gasteiger partial charge is 0.196 e. The van der Waals surface area contributed by atoms with Crippen molar-refractivity contribution >= 4 is 81.5 Å². The first-order chi connectivity index (χ1) is 24.3. The molecule has 0 aliphatic rings. The number of aryl methyl sites for hydroxylation is 2. The molecule has 0 saturated carbocycles. The molecule has 4 aromatic carbocycles. The van der Waals surface area contributed by atoms with Crippen LogP contribution in [-0.2, 0) is 12.8 Å². The third-order valence-corrected chi connectivity index (χ3v) is 10.6. The van der Waals surface area contributed by atoms with E-state index in [4.69, 9.17) is 46.4 Å². The summed E-state index contributed by atoms with van der Waals surface area (Å²) in [6.45, 7) is 0. The molecule has 50 heavy (non-hydrogen) atoms. The quantitative estimate of drug-likeness (QED) is 0.0578. The fourth-order valence-corrected chi connectivity index (χ4v) is 7.93. The molecule has 0 saturated heterocycles. The number of hydrogen-bond acceptors (Lipinski definition) is 8. The molecule has 14 heteroatoms. The number of hydrogen-bond donors (Lipinski definition) is 0. The maximum absolute atomic E-state index is 13.0. The molecular formula is C36H28Cl4N6O2S2. The van der Waals surface area contributed by atoms with Gasteiger partial charge >= 0.3 is 0 Å². The summed E-state index contributed by atoms with van der Waals surface area (Å²) < 4.78 is 3.99. The third kappa shape index (κ3) is 8.80. The van der Waals surface area contributed by atoms with Gasteiger partial charge in [-0.25, -0.2) is 0 Å². The molecule has 254 valence electrons. The van der Waals surface area contributed by atoms with Crippen LogP contribution in [0.2, 0.25) is 20.1 Å². The van der Waals surface area contributed by atoms with Gasteiger partial charge in [-0.1, -0.05) is 106 Å². The summed E-state index contributed by atoms with van der Waals surface area (Å²) in [5, 5.41) is 20.7.